The molecule has 0 atom stereocenters. The standard InChI is InChI=1S/C19H41N5O2S.HI/c1-7-15-27(25,26)23-13-9-18(10-14-23)22-19(20-6)21-11-8-12-24(16(2)3)17(4)5;/h16-18H,7-15H2,1-6H3,(H2,20,21,22);1H. The van der Waals surface area contributed by atoms with Crippen LogP contribution < -0.4 is 10.6 Å². The van der Waals surface area contributed by atoms with Crippen LogP contribution in [0.15, 0.2) is 4.99 Å². The van der Waals surface area contributed by atoms with E-state index in [1.165, 1.54) is 0 Å². The van der Waals surface area contributed by atoms with E-state index in [2.05, 4.69) is 48.2 Å². The SMILES string of the molecule is CCCS(=O)(=O)N1CCC(NC(=NC)NCCCN(C(C)C)C(C)C)CC1.I. The smallest absolute Gasteiger partial charge is 0.214 e. The summed E-state index contributed by atoms with van der Waals surface area (Å²) >= 11 is 0. The first-order valence-electron chi connectivity index (χ1n) is 10.4. The zero-order chi connectivity index (χ0) is 20.4. The highest BCUT2D eigenvalue weighted by atomic mass is 127. The van der Waals surface area contributed by atoms with Gasteiger partial charge in [0.25, 0.3) is 0 Å². The summed E-state index contributed by atoms with van der Waals surface area (Å²) < 4.78 is 26.0. The van der Waals surface area contributed by atoms with Gasteiger partial charge in [-0.1, -0.05) is 6.92 Å². The highest BCUT2D eigenvalue weighted by Gasteiger charge is 2.27. The highest BCUT2D eigenvalue weighted by molar-refractivity contribution is 14.0. The topological polar surface area (TPSA) is 77.0 Å². The summed E-state index contributed by atoms with van der Waals surface area (Å²) in [5.41, 5.74) is 0. The molecule has 0 radical (unpaired) electrons. The predicted octanol–water partition coefficient (Wildman–Crippen LogP) is 2.48. The van der Waals surface area contributed by atoms with Gasteiger partial charge in [0.2, 0.25) is 10.0 Å². The maximum atomic E-state index is 12.2. The molecular formula is C19H42IN5O2S. The predicted molar refractivity (Wildman–Crippen MR) is 130 cm³/mol. The molecule has 1 heterocycles. The van der Waals surface area contributed by atoms with Gasteiger partial charge in [-0.15, -0.1) is 24.0 Å². The highest BCUT2D eigenvalue weighted by Crippen LogP contribution is 2.15. The Labute approximate surface area is 190 Å². The van der Waals surface area contributed by atoms with Gasteiger partial charge in [0.15, 0.2) is 5.96 Å². The number of hydrogen-bond donors (Lipinski definition) is 2. The molecule has 0 aromatic heterocycles. The third-order valence-electron chi connectivity index (χ3n) is 5.09. The number of nitrogens with zero attached hydrogens (tertiary/aromatic N) is 3. The Kier molecular flexibility index (Phi) is 13.9. The molecule has 7 nitrogen and oxygen atoms in total. The largest absolute Gasteiger partial charge is 0.356 e. The molecule has 2 N–H and O–H groups in total. The molecule has 0 saturated carbocycles. The van der Waals surface area contributed by atoms with Crippen molar-refractivity contribution in [2.45, 2.75) is 78.4 Å². The zero-order valence-corrected chi connectivity index (χ0v) is 21.7. The van der Waals surface area contributed by atoms with Crippen LogP contribution in [0.5, 0.6) is 0 Å². The van der Waals surface area contributed by atoms with Crippen LogP contribution in [-0.2, 0) is 10.0 Å². The average Bonchev–Trinajstić information content (AvgIpc) is 2.60. The first-order valence-corrected chi connectivity index (χ1v) is 12.0. The number of piperidine rings is 1. The van der Waals surface area contributed by atoms with Crippen LogP contribution in [0, 0.1) is 0 Å². The van der Waals surface area contributed by atoms with Gasteiger partial charge in [0, 0.05) is 51.4 Å². The number of rotatable bonds is 10. The second-order valence-corrected chi connectivity index (χ2v) is 10.0. The van der Waals surface area contributed by atoms with Gasteiger partial charge < -0.3 is 10.6 Å². The fraction of sp³-hybridized carbons (Fsp3) is 0.947. The second kappa shape index (κ2) is 14.0. The molecule has 9 heteroatoms. The summed E-state index contributed by atoms with van der Waals surface area (Å²) in [7, 11) is -1.29. The van der Waals surface area contributed by atoms with Gasteiger partial charge in [0.1, 0.15) is 0 Å². The molecule has 0 aromatic rings. The second-order valence-electron chi connectivity index (χ2n) is 7.91. The normalized spacial score (nSPS) is 17.2. The van der Waals surface area contributed by atoms with E-state index in [4.69, 9.17) is 0 Å². The third kappa shape index (κ3) is 9.58. The molecule has 1 saturated heterocycles. The Hall–Kier alpha value is -0.130. The molecule has 1 rings (SSSR count). The minimum atomic E-state index is -3.08. The van der Waals surface area contributed by atoms with Gasteiger partial charge >= 0.3 is 0 Å². The van der Waals surface area contributed by atoms with Gasteiger partial charge in [-0.25, -0.2) is 12.7 Å². The van der Waals surface area contributed by atoms with Crippen molar-refractivity contribution in [2.75, 3.05) is 39.0 Å². The lowest BCUT2D eigenvalue weighted by molar-refractivity contribution is 0.173. The molecule has 28 heavy (non-hydrogen) atoms. The van der Waals surface area contributed by atoms with E-state index in [-0.39, 0.29) is 35.8 Å². The third-order valence-corrected chi connectivity index (χ3v) is 7.16. The van der Waals surface area contributed by atoms with Crippen molar-refractivity contribution in [1.82, 2.24) is 19.8 Å². The zero-order valence-electron chi connectivity index (χ0n) is 18.6. The van der Waals surface area contributed by atoms with Crippen molar-refractivity contribution < 1.29 is 8.42 Å². The monoisotopic (exact) mass is 531 g/mol. The summed E-state index contributed by atoms with van der Waals surface area (Å²) in [5.74, 6) is 1.06. The quantitative estimate of drug-likeness (QED) is 0.196. The number of hydrogen-bond acceptors (Lipinski definition) is 4. The van der Waals surface area contributed by atoms with E-state index in [0.29, 0.717) is 31.6 Å². The lowest BCUT2D eigenvalue weighted by Gasteiger charge is -2.32. The van der Waals surface area contributed by atoms with Crippen molar-refractivity contribution in [3.8, 4) is 0 Å². The molecule has 0 unspecified atom stereocenters. The van der Waals surface area contributed by atoms with Crippen LogP contribution in [0.3, 0.4) is 0 Å². The summed E-state index contributed by atoms with van der Waals surface area (Å²) in [6.07, 6.45) is 3.36. The van der Waals surface area contributed by atoms with Crippen LogP contribution in [0.25, 0.3) is 0 Å². The minimum Gasteiger partial charge on any atom is -0.356 e. The molecule has 1 fully saturated rings. The van der Waals surface area contributed by atoms with Gasteiger partial charge in [-0.3, -0.25) is 9.89 Å². The summed E-state index contributed by atoms with van der Waals surface area (Å²) in [4.78, 5) is 6.81. The number of sulfonamides is 1. The Morgan fingerprint density at radius 1 is 1.18 bits per heavy atom. The molecule has 0 amide bonds. The van der Waals surface area contributed by atoms with Crippen LogP contribution in [0.4, 0.5) is 0 Å². The Morgan fingerprint density at radius 2 is 1.75 bits per heavy atom. The van der Waals surface area contributed by atoms with Gasteiger partial charge in [-0.2, -0.15) is 0 Å². The Bertz CT molecular complexity index is 539. The molecule has 1 aliphatic heterocycles. The van der Waals surface area contributed by atoms with E-state index in [1.54, 1.807) is 11.4 Å². The van der Waals surface area contributed by atoms with Crippen LogP contribution in [-0.4, -0.2) is 80.7 Å². The van der Waals surface area contributed by atoms with Crippen molar-refractivity contribution in [1.29, 1.82) is 0 Å². The Balaban J connectivity index is 0.00000729. The van der Waals surface area contributed by atoms with E-state index < -0.39 is 10.0 Å². The van der Waals surface area contributed by atoms with E-state index in [0.717, 1.165) is 38.3 Å². The molecule has 168 valence electrons. The van der Waals surface area contributed by atoms with E-state index in [9.17, 15) is 8.42 Å². The van der Waals surface area contributed by atoms with Crippen LogP contribution >= 0.6 is 24.0 Å². The molecule has 0 aliphatic carbocycles. The average molecular weight is 532 g/mol. The summed E-state index contributed by atoms with van der Waals surface area (Å²) in [5, 5.41) is 6.84. The van der Waals surface area contributed by atoms with Gasteiger partial charge in [0.05, 0.1) is 5.75 Å². The van der Waals surface area contributed by atoms with Crippen molar-refractivity contribution in [3.05, 3.63) is 0 Å². The van der Waals surface area contributed by atoms with E-state index in [1.807, 2.05) is 6.92 Å². The van der Waals surface area contributed by atoms with Crippen LogP contribution in [0.1, 0.15) is 60.3 Å². The Morgan fingerprint density at radius 3 is 2.21 bits per heavy atom. The number of guanidine groups is 1. The van der Waals surface area contributed by atoms with Crippen molar-refractivity contribution in [2.24, 2.45) is 4.99 Å². The molecule has 0 bridgehead atoms. The molecule has 0 aromatic carbocycles. The van der Waals surface area contributed by atoms with Crippen molar-refractivity contribution >= 4 is 40.0 Å². The first-order chi connectivity index (χ1) is 12.7. The fourth-order valence-electron chi connectivity index (χ4n) is 3.63. The van der Waals surface area contributed by atoms with E-state index >= 15 is 0 Å². The molecule has 1 aliphatic rings. The number of nitrogens with one attached hydrogen (secondary N) is 2. The van der Waals surface area contributed by atoms with Crippen molar-refractivity contribution in [3.63, 3.8) is 0 Å². The lowest BCUT2D eigenvalue weighted by atomic mass is 10.1. The molecule has 0 spiro atoms. The maximum absolute atomic E-state index is 12.2. The minimum absolute atomic E-state index is 0. The maximum Gasteiger partial charge on any atom is 0.214 e. The fourth-order valence-corrected chi connectivity index (χ4v) is 5.18. The number of aliphatic imine (C=N–C) groups is 1. The first kappa shape index (κ1) is 27.9. The summed E-state index contributed by atoms with van der Waals surface area (Å²) in [6, 6.07) is 1.38. The van der Waals surface area contributed by atoms with Crippen LogP contribution in [0.2, 0.25) is 0 Å². The summed E-state index contributed by atoms with van der Waals surface area (Å²) in [6.45, 7) is 14.0. The number of halogens is 1. The lowest BCUT2D eigenvalue weighted by Crippen LogP contribution is -2.50. The molecular weight excluding hydrogens is 489 g/mol. The van der Waals surface area contributed by atoms with Gasteiger partial charge in [-0.05, 0) is 53.4 Å².